The Morgan fingerprint density at radius 1 is 1.50 bits per heavy atom. The first-order chi connectivity index (χ1) is 7.33. The molecule has 0 spiro atoms. The highest BCUT2D eigenvalue weighted by molar-refractivity contribution is 5.68. The summed E-state index contributed by atoms with van der Waals surface area (Å²) >= 11 is 0. The number of nitrogens with zero attached hydrogens (tertiary/aromatic N) is 1. The number of carbonyl (C=O) groups excluding carboxylic acids is 2. The first-order valence-corrected chi connectivity index (χ1v) is 5.43. The van der Waals surface area contributed by atoms with Gasteiger partial charge in [0.25, 0.3) is 0 Å². The van der Waals surface area contributed by atoms with Crippen molar-refractivity contribution in [3.8, 4) is 0 Å². The van der Waals surface area contributed by atoms with Gasteiger partial charge in [0.15, 0.2) is 0 Å². The van der Waals surface area contributed by atoms with Gasteiger partial charge in [-0.1, -0.05) is 0 Å². The Morgan fingerprint density at radius 2 is 2.12 bits per heavy atom. The topological polar surface area (TPSA) is 66.8 Å². The second kappa shape index (κ2) is 4.82. The molecule has 0 aromatic heterocycles. The van der Waals surface area contributed by atoms with Crippen molar-refractivity contribution in [3.63, 3.8) is 0 Å². The number of aliphatic hydroxyl groups excluding tert-OH is 1. The molecule has 0 aromatic carbocycles. The van der Waals surface area contributed by atoms with Gasteiger partial charge in [0.05, 0.1) is 12.6 Å². The molecule has 1 N–H and O–H groups in total. The third-order valence-corrected chi connectivity index (χ3v) is 2.46. The number of carbonyl (C=O) groups is 2. The Balaban J connectivity index is 2.51. The van der Waals surface area contributed by atoms with E-state index in [0.717, 1.165) is 6.29 Å². The maximum absolute atomic E-state index is 11.7. The molecule has 92 valence electrons. The van der Waals surface area contributed by atoms with Crippen molar-refractivity contribution in [3.05, 3.63) is 0 Å². The lowest BCUT2D eigenvalue weighted by Crippen LogP contribution is -2.35. The number of ether oxygens (including phenoxy) is 1. The van der Waals surface area contributed by atoms with Crippen LogP contribution >= 0.6 is 0 Å². The van der Waals surface area contributed by atoms with E-state index in [-0.39, 0.29) is 18.9 Å². The van der Waals surface area contributed by atoms with E-state index >= 15 is 0 Å². The maximum atomic E-state index is 11.7. The number of amides is 1. The zero-order valence-electron chi connectivity index (χ0n) is 9.97. The molecule has 0 aromatic rings. The molecule has 1 aliphatic rings. The largest absolute Gasteiger partial charge is 0.444 e. The van der Waals surface area contributed by atoms with Crippen LogP contribution in [0.25, 0.3) is 0 Å². The molecule has 5 nitrogen and oxygen atoms in total. The highest BCUT2D eigenvalue weighted by Crippen LogP contribution is 2.21. The molecule has 2 atom stereocenters. The second-order valence-corrected chi connectivity index (χ2v) is 5.12. The Morgan fingerprint density at radius 3 is 2.62 bits per heavy atom. The minimum absolute atomic E-state index is 0.162. The standard InChI is InChI=1S/C11H19NO4/c1-11(2,3)16-10(15)12-6-8(4-5-13)9(14)7-12/h5,8-9,14H,4,6-7H2,1-3H3. The lowest BCUT2D eigenvalue weighted by atomic mass is 10.0. The van der Waals surface area contributed by atoms with Crippen LogP contribution in [0.5, 0.6) is 0 Å². The predicted octanol–water partition coefficient (Wildman–Crippen LogP) is 0.803. The number of hydrogen-bond acceptors (Lipinski definition) is 4. The van der Waals surface area contributed by atoms with Gasteiger partial charge in [-0.15, -0.1) is 0 Å². The number of rotatable bonds is 2. The van der Waals surface area contributed by atoms with Gasteiger partial charge in [0.1, 0.15) is 11.9 Å². The molecule has 1 saturated heterocycles. The van der Waals surface area contributed by atoms with Gasteiger partial charge in [-0.25, -0.2) is 4.79 Å². The van der Waals surface area contributed by atoms with Crippen LogP contribution in [-0.4, -0.2) is 47.2 Å². The average Bonchev–Trinajstić information content (AvgIpc) is 2.46. The number of β-amino-alcohol motifs (C(OH)–C–C–N with tert-alkyl or cyclic N) is 1. The fraction of sp³-hybridized carbons (Fsp3) is 0.818. The van der Waals surface area contributed by atoms with Crippen LogP contribution in [0.15, 0.2) is 0 Å². The summed E-state index contributed by atoms with van der Waals surface area (Å²) in [6.45, 7) is 6.00. The Hall–Kier alpha value is -1.10. The predicted molar refractivity (Wildman–Crippen MR) is 58.0 cm³/mol. The van der Waals surface area contributed by atoms with Crippen LogP contribution in [0.3, 0.4) is 0 Å². The van der Waals surface area contributed by atoms with Crippen molar-refractivity contribution < 1.29 is 19.4 Å². The summed E-state index contributed by atoms with van der Waals surface area (Å²) < 4.78 is 5.18. The SMILES string of the molecule is CC(C)(C)OC(=O)N1CC(O)C(CC=O)C1. The van der Waals surface area contributed by atoms with Crippen LogP contribution in [0.2, 0.25) is 0 Å². The van der Waals surface area contributed by atoms with Crippen molar-refractivity contribution in [2.24, 2.45) is 5.92 Å². The van der Waals surface area contributed by atoms with Crippen molar-refractivity contribution in [1.82, 2.24) is 4.90 Å². The summed E-state index contributed by atoms with van der Waals surface area (Å²) in [5.74, 6) is -0.162. The summed E-state index contributed by atoms with van der Waals surface area (Å²) in [4.78, 5) is 23.5. The normalized spacial score (nSPS) is 25.6. The molecule has 0 aliphatic carbocycles. The van der Waals surface area contributed by atoms with Gasteiger partial charge in [-0.2, -0.15) is 0 Å². The smallest absolute Gasteiger partial charge is 0.410 e. The fourth-order valence-electron chi connectivity index (χ4n) is 1.68. The Labute approximate surface area is 95.4 Å². The van der Waals surface area contributed by atoms with Crippen LogP contribution in [0.1, 0.15) is 27.2 Å². The van der Waals surface area contributed by atoms with Crippen molar-refractivity contribution >= 4 is 12.4 Å². The van der Waals surface area contributed by atoms with E-state index in [9.17, 15) is 14.7 Å². The molecule has 1 heterocycles. The third-order valence-electron chi connectivity index (χ3n) is 2.46. The van der Waals surface area contributed by atoms with E-state index < -0.39 is 17.8 Å². The van der Waals surface area contributed by atoms with Gasteiger partial charge in [-0.3, -0.25) is 0 Å². The van der Waals surface area contributed by atoms with E-state index in [0.29, 0.717) is 6.54 Å². The zero-order chi connectivity index (χ0) is 12.3. The number of aldehydes is 1. The average molecular weight is 229 g/mol. The van der Waals surface area contributed by atoms with Gasteiger partial charge < -0.3 is 19.5 Å². The highest BCUT2D eigenvalue weighted by Gasteiger charge is 2.35. The molecule has 5 heteroatoms. The molecular formula is C11H19NO4. The van der Waals surface area contributed by atoms with Crippen LogP contribution in [0.4, 0.5) is 4.79 Å². The van der Waals surface area contributed by atoms with Crippen LogP contribution < -0.4 is 0 Å². The van der Waals surface area contributed by atoms with E-state index in [1.807, 2.05) is 0 Å². The molecule has 1 amide bonds. The van der Waals surface area contributed by atoms with E-state index in [1.165, 1.54) is 4.90 Å². The molecule has 1 fully saturated rings. The molecular weight excluding hydrogens is 210 g/mol. The number of hydrogen-bond donors (Lipinski definition) is 1. The van der Waals surface area contributed by atoms with Crippen LogP contribution in [-0.2, 0) is 9.53 Å². The molecule has 16 heavy (non-hydrogen) atoms. The summed E-state index contributed by atoms with van der Waals surface area (Å²) in [6.07, 6.45) is -0.00916. The minimum Gasteiger partial charge on any atom is -0.444 e. The minimum atomic E-state index is -0.627. The molecule has 1 aliphatic heterocycles. The Kier molecular flexibility index (Phi) is 3.91. The molecule has 0 radical (unpaired) electrons. The van der Waals surface area contributed by atoms with Gasteiger partial charge in [0, 0.05) is 18.9 Å². The van der Waals surface area contributed by atoms with Gasteiger partial charge in [0.2, 0.25) is 0 Å². The fourth-order valence-corrected chi connectivity index (χ4v) is 1.68. The summed E-state index contributed by atoms with van der Waals surface area (Å²) in [5.41, 5.74) is -0.537. The summed E-state index contributed by atoms with van der Waals surface area (Å²) in [5, 5.41) is 9.63. The van der Waals surface area contributed by atoms with Gasteiger partial charge in [-0.05, 0) is 20.8 Å². The van der Waals surface area contributed by atoms with Gasteiger partial charge >= 0.3 is 6.09 Å². The first-order valence-electron chi connectivity index (χ1n) is 5.43. The lowest BCUT2D eigenvalue weighted by molar-refractivity contribution is -0.109. The lowest BCUT2D eigenvalue weighted by Gasteiger charge is -2.24. The maximum Gasteiger partial charge on any atom is 0.410 e. The number of aliphatic hydroxyl groups is 1. The second-order valence-electron chi connectivity index (χ2n) is 5.12. The zero-order valence-corrected chi connectivity index (χ0v) is 9.97. The number of likely N-dealkylation sites (tertiary alicyclic amines) is 1. The first kappa shape index (κ1) is 13.0. The van der Waals surface area contributed by atoms with Crippen molar-refractivity contribution in [1.29, 1.82) is 0 Å². The van der Waals surface area contributed by atoms with E-state index in [2.05, 4.69) is 0 Å². The van der Waals surface area contributed by atoms with Crippen molar-refractivity contribution in [2.75, 3.05) is 13.1 Å². The quantitative estimate of drug-likeness (QED) is 0.711. The molecule has 1 rings (SSSR count). The third kappa shape index (κ3) is 3.48. The van der Waals surface area contributed by atoms with Crippen LogP contribution in [0, 0.1) is 5.92 Å². The van der Waals surface area contributed by atoms with E-state index in [1.54, 1.807) is 20.8 Å². The molecule has 0 saturated carbocycles. The van der Waals surface area contributed by atoms with Crippen molar-refractivity contribution in [2.45, 2.75) is 38.9 Å². The highest BCUT2D eigenvalue weighted by atomic mass is 16.6. The summed E-state index contributed by atoms with van der Waals surface area (Å²) in [7, 11) is 0. The monoisotopic (exact) mass is 229 g/mol. The Bertz CT molecular complexity index is 272. The molecule has 2 unspecified atom stereocenters. The molecule has 0 bridgehead atoms. The summed E-state index contributed by atoms with van der Waals surface area (Å²) in [6, 6.07) is 0. The van der Waals surface area contributed by atoms with E-state index in [4.69, 9.17) is 4.74 Å².